The van der Waals surface area contributed by atoms with Crippen molar-refractivity contribution in [3.63, 3.8) is 0 Å². The number of nitrogens with one attached hydrogen (secondary N) is 1. The van der Waals surface area contributed by atoms with Gasteiger partial charge in [0, 0.05) is 36.5 Å². The smallest absolute Gasteiger partial charge is 0.272 e. The minimum absolute atomic E-state index is 0.0590. The molecule has 0 aliphatic heterocycles. The van der Waals surface area contributed by atoms with Crippen molar-refractivity contribution in [1.29, 1.82) is 0 Å². The van der Waals surface area contributed by atoms with Gasteiger partial charge in [0.1, 0.15) is 12.4 Å². The number of nitro benzene ring substituents is 1. The molecular formula is C22H24N4O4. The topological polar surface area (TPSA) is 99.3 Å². The third-order valence-corrected chi connectivity index (χ3v) is 4.58. The van der Waals surface area contributed by atoms with Crippen molar-refractivity contribution in [2.45, 2.75) is 33.4 Å². The highest BCUT2D eigenvalue weighted by atomic mass is 16.6. The van der Waals surface area contributed by atoms with E-state index in [9.17, 15) is 14.9 Å². The van der Waals surface area contributed by atoms with E-state index in [1.807, 2.05) is 29.9 Å². The quantitative estimate of drug-likeness (QED) is 0.330. The second-order valence-corrected chi connectivity index (χ2v) is 7.02. The van der Waals surface area contributed by atoms with Crippen LogP contribution < -0.4 is 10.1 Å². The lowest BCUT2D eigenvalue weighted by Crippen LogP contribution is -2.25. The number of ether oxygens (including phenoxy) is 1. The molecule has 3 aromatic rings. The number of aromatic nitrogens is 2. The highest BCUT2D eigenvalue weighted by Gasteiger charge is 2.11. The number of hydrogen-bond acceptors (Lipinski definition) is 5. The molecule has 0 aliphatic carbocycles. The molecule has 0 saturated carbocycles. The van der Waals surface area contributed by atoms with Gasteiger partial charge in [0.05, 0.1) is 10.6 Å². The van der Waals surface area contributed by atoms with Gasteiger partial charge in [0.2, 0.25) is 0 Å². The maximum atomic E-state index is 12.4. The number of nitrogens with zero attached hydrogens (tertiary/aromatic N) is 3. The van der Waals surface area contributed by atoms with Crippen LogP contribution in [0.5, 0.6) is 5.75 Å². The first-order valence-corrected chi connectivity index (χ1v) is 9.67. The van der Waals surface area contributed by atoms with Crippen LogP contribution in [0.15, 0.2) is 54.7 Å². The largest absolute Gasteiger partial charge is 0.489 e. The molecule has 0 aliphatic rings. The number of rotatable bonds is 9. The number of benzene rings is 2. The predicted molar refractivity (Wildman–Crippen MR) is 113 cm³/mol. The molecule has 1 amide bonds. The summed E-state index contributed by atoms with van der Waals surface area (Å²) in [7, 11) is 0. The molecule has 1 heterocycles. The van der Waals surface area contributed by atoms with E-state index < -0.39 is 4.92 Å². The van der Waals surface area contributed by atoms with E-state index in [0.29, 0.717) is 23.4 Å². The van der Waals surface area contributed by atoms with Gasteiger partial charge < -0.3 is 10.1 Å². The molecular weight excluding hydrogens is 384 g/mol. The molecule has 0 bridgehead atoms. The SMILES string of the molecule is Cc1ccn(CCCNC(=O)c2cccc(COc3ccc([N+](=O)[O-])c(C)c3)c2)n1. The predicted octanol–water partition coefficient (Wildman–Crippen LogP) is 3.81. The molecule has 1 aromatic heterocycles. The van der Waals surface area contributed by atoms with Crippen molar-refractivity contribution in [1.82, 2.24) is 15.1 Å². The van der Waals surface area contributed by atoms with Gasteiger partial charge in [0.25, 0.3) is 11.6 Å². The average Bonchev–Trinajstić information content (AvgIpc) is 3.14. The Morgan fingerprint density at radius 2 is 2.03 bits per heavy atom. The Bertz CT molecular complexity index is 1050. The second-order valence-electron chi connectivity index (χ2n) is 7.02. The van der Waals surface area contributed by atoms with E-state index >= 15 is 0 Å². The fraction of sp³-hybridized carbons (Fsp3) is 0.273. The van der Waals surface area contributed by atoms with Crippen LogP contribution in [0.25, 0.3) is 0 Å². The maximum absolute atomic E-state index is 12.4. The lowest BCUT2D eigenvalue weighted by atomic mass is 10.1. The van der Waals surface area contributed by atoms with Crippen LogP contribution in [0.3, 0.4) is 0 Å². The van der Waals surface area contributed by atoms with Gasteiger partial charge in [0.15, 0.2) is 0 Å². The number of carbonyl (C=O) groups excluding carboxylic acids is 1. The molecule has 0 saturated heterocycles. The fourth-order valence-electron chi connectivity index (χ4n) is 3.02. The normalized spacial score (nSPS) is 10.6. The number of aryl methyl sites for hydroxylation is 3. The Hall–Kier alpha value is -3.68. The molecule has 0 atom stereocenters. The molecule has 0 unspecified atom stereocenters. The Labute approximate surface area is 174 Å². The van der Waals surface area contributed by atoms with Gasteiger partial charge in [-0.25, -0.2) is 0 Å². The van der Waals surface area contributed by atoms with Crippen molar-refractivity contribution in [3.05, 3.63) is 87.2 Å². The van der Waals surface area contributed by atoms with Gasteiger partial charge in [-0.05, 0) is 56.2 Å². The second kappa shape index (κ2) is 9.69. The van der Waals surface area contributed by atoms with Crippen LogP contribution in [-0.4, -0.2) is 27.2 Å². The van der Waals surface area contributed by atoms with Crippen molar-refractivity contribution in [3.8, 4) is 5.75 Å². The molecule has 0 fully saturated rings. The third-order valence-electron chi connectivity index (χ3n) is 4.58. The lowest BCUT2D eigenvalue weighted by molar-refractivity contribution is -0.385. The minimum Gasteiger partial charge on any atom is -0.489 e. The van der Waals surface area contributed by atoms with Crippen LogP contribution in [0.1, 0.15) is 33.6 Å². The summed E-state index contributed by atoms with van der Waals surface area (Å²) in [4.78, 5) is 22.9. The summed E-state index contributed by atoms with van der Waals surface area (Å²) in [6.07, 6.45) is 2.71. The Morgan fingerprint density at radius 1 is 1.20 bits per heavy atom. The average molecular weight is 408 g/mol. The first kappa shape index (κ1) is 21.0. The van der Waals surface area contributed by atoms with Crippen molar-refractivity contribution in [2.24, 2.45) is 0 Å². The zero-order valence-electron chi connectivity index (χ0n) is 17.0. The van der Waals surface area contributed by atoms with Crippen LogP contribution in [-0.2, 0) is 13.2 Å². The summed E-state index contributed by atoms with van der Waals surface area (Å²) < 4.78 is 7.59. The van der Waals surface area contributed by atoms with Crippen molar-refractivity contribution < 1.29 is 14.5 Å². The molecule has 2 aromatic carbocycles. The number of carbonyl (C=O) groups is 1. The highest BCUT2D eigenvalue weighted by Crippen LogP contribution is 2.23. The summed E-state index contributed by atoms with van der Waals surface area (Å²) in [5, 5.41) is 18.1. The Balaban J connectivity index is 1.50. The summed E-state index contributed by atoms with van der Waals surface area (Å²) in [5.74, 6) is 0.404. The van der Waals surface area contributed by atoms with Crippen LogP contribution in [0, 0.1) is 24.0 Å². The van der Waals surface area contributed by atoms with E-state index in [2.05, 4.69) is 10.4 Å². The Kier molecular flexibility index (Phi) is 6.79. The van der Waals surface area contributed by atoms with E-state index in [1.54, 1.807) is 37.3 Å². The zero-order valence-corrected chi connectivity index (χ0v) is 17.0. The van der Waals surface area contributed by atoms with Crippen molar-refractivity contribution in [2.75, 3.05) is 6.54 Å². The number of hydrogen-bond donors (Lipinski definition) is 1. The van der Waals surface area contributed by atoms with Crippen LogP contribution in [0.4, 0.5) is 5.69 Å². The molecule has 156 valence electrons. The molecule has 1 N–H and O–H groups in total. The fourth-order valence-corrected chi connectivity index (χ4v) is 3.02. The van der Waals surface area contributed by atoms with Gasteiger partial charge in [-0.3, -0.25) is 19.6 Å². The van der Waals surface area contributed by atoms with Crippen LogP contribution >= 0.6 is 0 Å². The number of amides is 1. The van der Waals surface area contributed by atoms with Crippen molar-refractivity contribution >= 4 is 11.6 Å². The van der Waals surface area contributed by atoms with E-state index in [0.717, 1.165) is 24.2 Å². The van der Waals surface area contributed by atoms with Gasteiger partial charge in [-0.15, -0.1) is 0 Å². The first-order valence-electron chi connectivity index (χ1n) is 9.67. The monoisotopic (exact) mass is 408 g/mol. The van der Waals surface area contributed by atoms with Crippen LogP contribution in [0.2, 0.25) is 0 Å². The highest BCUT2D eigenvalue weighted by molar-refractivity contribution is 5.94. The molecule has 30 heavy (non-hydrogen) atoms. The minimum atomic E-state index is -0.419. The molecule has 8 nitrogen and oxygen atoms in total. The van der Waals surface area contributed by atoms with Gasteiger partial charge in [-0.2, -0.15) is 5.10 Å². The van der Waals surface area contributed by atoms with E-state index in [1.165, 1.54) is 6.07 Å². The lowest BCUT2D eigenvalue weighted by Gasteiger charge is -2.09. The summed E-state index contributed by atoms with van der Waals surface area (Å²) in [5.41, 5.74) is 2.97. The van der Waals surface area contributed by atoms with Gasteiger partial charge in [-0.1, -0.05) is 12.1 Å². The molecule has 0 radical (unpaired) electrons. The van der Waals surface area contributed by atoms with E-state index in [4.69, 9.17) is 4.74 Å². The van der Waals surface area contributed by atoms with Gasteiger partial charge >= 0.3 is 0 Å². The third kappa shape index (κ3) is 5.66. The molecule has 3 rings (SSSR count). The first-order chi connectivity index (χ1) is 14.4. The number of nitro groups is 1. The standard InChI is InChI=1S/C22H24N4O4/c1-16-13-20(7-8-21(16)26(28)29)30-15-18-5-3-6-19(14-18)22(27)23-10-4-11-25-12-9-17(2)24-25/h3,5-9,12-14H,4,10-11,15H2,1-2H3,(H,23,27). The summed E-state index contributed by atoms with van der Waals surface area (Å²) in [6.45, 7) is 5.18. The summed E-state index contributed by atoms with van der Waals surface area (Å²) in [6, 6.07) is 13.8. The molecule has 8 heteroatoms. The maximum Gasteiger partial charge on any atom is 0.272 e. The summed E-state index contributed by atoms with van der Waals surface area (Å²) >= 11 is 0. The van der Waals surface area contributed by atoms with E-state index in [-0.39, 0.29) is 18.2 Å². The Morgan fingerprint density at radius 3 is 2.73 bits per heavy atom. The molecule has 0 spiro atoms. The zero-order chi connectivity index (χ0) is 21.5.